The maximum atomic E-state index is 2.68. The van der Waals surface area contributed by atoms with Crippen molar-refractivity contribution < 1.29 is 4.58 Å². The molecule has 6 rings (SSSR count). The van der Waals surface area contributed by atoms with Gasteiger partial charge in [0, 0.05) is 47.5 Å². The lowest BCUT2D eigenvalue weighted by molar-refractivity contribution is -0.438. The molecule has 0 atom stereocenters. The molecule has 4 aromatic carbocycles. The minimum atomic E-state index is -0.0858. The summed E-state index contributed by atoms with van der Waals surface area (Å²) in [6.45, 7) is 16.5. The fourth-order valence-corrected chi connectivity index (χ4v) is 12.5. The standard InChI is InChI=1S/C73H107N2/c1-7-9-11-13-15-17-19-21-22-23-24-25-26-27-28-30-32-34-36-47-59-75-69-61-65(63-50-42-38-43-51-63)55-57-67(69)73(5,6)71(75)53-45-39-44-52-70-72(3,4)66-56-54-64(62-48-40-37-41-49-62)60-68(66)74(70)58-46-35-33-31-29-20-18-16-14-12-10-8-2/h37-45,48-57,60-61H,7-36,46-47,58-59H2,1-6H3/q+1. The third-order valence-corrected chi connectivity index (χ3v) is 17.2. The van der Waals surface area contributed by atoms with E-state index >= 15 is 0 Å². The zero-order valence-corrected chi connectivity index (χ0v) is 49.1. The van der Waals surface area contributed by atoms with Crippen molar-refractivity contribution in [2.24, 2.45) is 0 Å². The van der Waals surface area contributed by atoms with Gasteiger partial charge in [-0.05, 0) is 66.6 Å². The first-order valence-electron chi connectivity index (χ1n) is 31.6. The lowest BCUT2D eigenvalue weighted by Crippen LogP contribution is -2.27. The van der Waals surface area contributed by atoms with Crippen LogP contribution >= 0.6 is 0 Å². The normalized spacial score (nSPS) is 15.3. The van der Waals surface area contributed by atoms with Gasteiger partial charge in [-0.1, -0.05) is 317 Å². The molecular weight excluding hydrogens is 905 g/mol. The van der Waals surface area contributed by atoms with Crippen molar-refractivity contribution in [3.63, 3.8) is 0 Å². The van der Waals surface area contributed by atoms with E-state index in [1.165, 1.54) is 262 Å². The quantitative estimate of drug-likeness (QED) is 0.0245. The summed E-state index contributed by atoms with van der Waals surface area (Å²) in [6, 6.07) is 36.3. The molecular formula is C73H107N2+. The third-order valence-electron chi connectivity index (χ3n) is 17.2. The third kappa shape index (κ3) is 18.9. The SMILES string of the molecule is CCCCCCCCCCCCCCCCCCCCCC[N+]1=C(/C=C/C=C/C=C2/N(CCCCCCCCCCCCCC)c3cc(-c4ccccc4)ccc3C2(C)C)C(C)(C)c2ccc(-c3ccccc3)cc21. The van der Waals surface area contributed by atoms with Gasteiger partial charge in [0.05, 0.1) is 5.41 Å². The Labute approximate surface area is 461 Å². The van der Waals surface area contributed by atoms with E-state index in [0.717, 1.165) is 13.1 Å². The molecule has 0 aromatic heterocycles. The minimum Gasteiger partial charge on any atom is -0.344 e. The van der Waals surface area contributed by atoms with Crippen molar-refractivity contribution in [1.29, 1.82) is 0 Å². The second kappa shape index (κ2) is 33.7. The predicted octanol–water partition coefficient (Wildman–Crippen LogP) is 22.7. The van der Waals surface area contributed by atoms with Crippen molar-refractivity contribution >= 4 is 17.1 Å². The van der Waals surface area contributed by atoms with E-state index in [4.69, 9.17) is 0 Å². The Morgan fingerprint density at radius 3 is 1.27 bits per heavy atom. The molecule has 408 valence electrons. The van der Waals surface area contributed by atoms with E-state index in [0.29, 0.717) is 0 Å². The van der Waals surface area contributed by atoms with Crippen LogP contribution in [0.2, 0.25) is 0 Å². The highest BCUT2D eigenvalue weighted by Crippen LogP contribution is 2.49. The van der Waals surface area contributed by atoms with Gasteiger partial charge in [0.15, 0.2) is 5.71 Å². The fourth-order valence-electron chi connectivity index (χ4n) is 12.5. The van der Waals surface area contributed by atoms with Crippen molar-refractivity contribution in [3.05, 3.63) is 144 Å². The van der Waals surface area contributed by atoms with Gasteiger partial charge in [-0.15, -0.1) is 0 Å². The van der Waals surface area contributed by atoms with Crippen LogP contribution in [0.1, 0.15) is 258 Å². The zero-order chi connectivity index (χ0) is 52.8. The highest BCUT2D eigenvalue weighted by molar-refractivity contribution is 6.03. The number of rotatable bonds is 39. The molecule has 75 heavy (non-hydrogen) atoms. The fraction of sp³-hybridized carbons (Fsp3) is 0.575. The molecule has 2 heteroatoms. The number of allylic oxidation sites excluding steroid dienone is 6. The highest BCUT2D eigenvalue weighted by atomic mass is 15.2. The molecule has 0 aliphatic carbocycles. The Hall–Kier alpha value is -4.43. The molecule has 2 aliphatic heterocycles. The molecule has 2 heterocycles. The van der Waals surface area contributed by atoms with Crippen molar-refractivity contribution in [2.45, 2.75) is 258 Å². The predicted molar refractivity (Wildman–Crippen MR) is 332 cm³/mol. The second-order valence-electron chi connectivity index (χ2n) is 24.0. The molecule has 0 amide bonds. The summed E-state index contributed by atoms with van der Waals surface area (Å²) in [5.74, 6) is 0. The Morgan fingerprint density at radius 2 is 0.800 bits per heavy atom. The van der Waals surface area contributed by atoms with Gasteiger partial charge in [0.1, 0.15) is 6.54 Å². The molecule has 0 bridgehead atoms. The molecule has 0 radical (unpaired) electrons. The zero-order valence-electron chi connectivity index (χ0n) is 49.1. The van der Waals surface area contributed by atoms with Crippen LogP contribution in [0.15, 0.2) is 133 Å². The molecule has 0 saturated heterocycles. The molecule has 2 nitrogen and oxygen atoms in total. The average molecular weight is 1010 g/mol. The first kappa shape index (κ1) is 59.8. The summed E-state index contributed by atoms with van der Waals surface area (Å²) in [6.07, 6.45) is 56.5. The van der Waals surface area contributed by atoms with Crippen LogP contribution in [0.5, 0.6) is 0 Å². The molecule has 0 saturated carbocycles. The molecule has 0 unspecified atom stereocenters. The van der Waals surface area contributed by atoms with Crippen LogP contribution in [0.25, 0.3) is 22.3 Å². The molecule has 0 N–H and O–H groups in total. The number of anilines is 1. The molecule has 0 fully saturated rings. The Balaban J connectivity index is 1.05. The molecule has 0 spiro atoms. The van der Waals surface area contributed by atoms with E-state index in [-0.39, 0.29) is 10.8 Å². The van der Waals surface area contributed by atoms with E-state index in [9.17, 15) is 0 Å². The maximum Gasteiger partial charge on any atom is 0.210 e. The van der Waals surface area contributed by atoms with Crippen molar-refractivity contribution in [1.82, 2.24) is 0 Å². The van der Waals surface area contributed by atoms with E-state index < -0.39 is 0 Å². The van der Waals surface area contributed by atoms with Crippen LogP contribution in [0, 0.1) is 0 Å². The second-order valence-corrected chi connectivity index (χ2v) is 24.0. The highest BCUT2D eigenvalue weighted by Gasteiger charge is 2.44. The summed E-state index contributed by atoms with van der Waals surface area (Å²) in [5, 5.41) is 0. The maximum absolute atomic E-state index is 2.68. The summed E-state index contributed by atoms with van der Waals surface area (Å²) < 4.78 is 2.68. The summed E-state index contributed by atoms with van der Waals surface area (Å²) in [7, 11) is 0. The first-order chi connectivity index (χ1) is 36.8. The van der Waals surface area contributed by atoms with Crippen LogP contribution in [0.3, 0.4) is 0 Å². The lowest BCUT2D eigenvalue weighted by Gasteiger charge is -2.27. The summed E-state index contributed by atoms with van der Waals surface area (Å²) in [5.41, 5.74) is 13.5. The lowest BCUT2D eigenvalue weighted by atomic mass is 9.81. The van der Waals surface area contributed by atoms with E-state index in [1.54, 1.807) is 0 Å². The number of hydrogen-bond acceptors (Lipinski definition) is 1. The monoisotopic (exact) mass is 1010 g/mol. The van der Waals surface area contributed by atoms with Gasteiger partial charge in [-0.25, -0.2) is 0 Å². The minimum absolute atomic E-state index is 0.0845. The number of unbranched alkanes of at least 4 members (excludes halogenated alkanes) is 30. The van der Waals surface area contributed by atoms with Gasteiger partial charge in [-0.2, -0.15) is 4.58 Å². The topological polar surface area (TPSA) is 6.25 Å². The number of nitrogens with zero attached hydrogens (tertiary/aromatic N) is 2. The van der Waals surface area contributed by atoms with Gasteiger partial charge >= 0.3 is 0 Å². The van der Waals surface area contributed by atoms with Gasteiger partial charge in [0.2, 0.25) is 5.69 Å². The van der Waals surface area contributed by atoms with Gasteiger partial charge < -0.3 is 4.90 Å². The number of benzene rings is 4. The molecule has 2 aliphatic rings. The smallest absolute Gasteiger partial charge is 0.210 e. The van der Waals surface area contributed by atoms with Crippen LogP contribution in [-0.2, 0) is 10.8 Å². The Kier molecular flexibility index (Phi) is 26.8. The number of hydrogen-bond donors (Lipinski definition) is 0. The summed E-state index contributed by atoms with van der Waals surface area (Å²) >= 11 is 0. The largest absolute Gasteiger partial charge is 0.344 e. The first-order valence-corrected chi connectivity index (χ1v) is 31.6. The van der Waals surface area contributed by atoms with E-state index in [1.807, 2.05) is 0 Å². The average Bonchev–Trinajstić information content (AvgIpc) is 3.77. The summed E-state index contributed by atoms with van der Waals surface area (Å²) in [4.78, 5) is 2.67. The van der Waals surface area contributed by atoms with Crippen LogP contribution in [-0.4, -0.2) is 23.4 Å². The van der Waals surface area contributed by atoms with Gasteiger partial charge in [-0.3, -0.25) is 0 Å². The Morgan fingerprint density at radius 1 is 0.387 bits per heavy atom. The molecule has 4 aromatic rings. The van der Waals surface area contributed by atoms with Gasteiger partial charge in [0.25, 0.3) is 0 Å². The van der Waals surface area contributed by atoms with Crippen molar-refractivity contribution in [2.75, 3.05) is 18.0 Å². The Bertz CT molecular complexity index is 2320. The number of fused-ring (bicyclic) bond motifs is 2. The van der Waals surface area contributed by atoms with Crippen molar-refractivity contribution in [3.8, 4) is 22.3 Å². The van der Waals surface area contributed by atoms with Crippen LogP contribution in [0.4, 0.5) is 11.4 Å². The van der Waals surface area contributed by atoms with Crippen LogP contribution < -0.4 is 4.90 Å². The van der Waals surface area contributed by atoms with E-state index in [2.05, 4.69) is 178 Å².